The summed E-state index contributed by atoms with van der Waals surface area (Å²) in [6.45, 7) is 7.21. The van der Waals surface area contributed by atoms with Crippen molar-refractivity contribution in [1.29, 1.82) is 0 Å². The maximum Gasteiger partial charge on any atom is 0.310 e. The van der Waals surface area contributed by atoms with E-state index in [1.54, 1.807) is 6.20 Å². The summed E-state index contributed by atoms with van der Waals surface area (Å²) in [7, 11) is -3.75. The molecule has 0 spiro atoms. The second-order valence-electron chi connectivity index (χ2n) is 8.96. The molecule has 1 aromatic carbocycles. The van der Waals surface area contributed by atoms with Crippen molar-refractivity contribution in [2.24, 2.45) is 0 Å². The molecular weight excluding hydrogens is 469 g/mol. The predicted octanol–water partition coefficient (Wildman–Crippen LogP) is 3.46. The van der Waals surface area contributed by atoms with Crippen molar-refractivity contribution in [1.82, 2.24) is 13.8 Å². The summed E-state index contributed by atoms with van der Waals surface area (Å²) in [5.74, 6) is -0.383. The lowest BCUT2D eigenvalue weighted by Gasteiger charge is -2.30. The van der Waals surface area contributed by atoms with Gasteiger partial charge in [-0.05, 0) is 48.6 Å². The Hall–Kier alpha value is -0.983. The Balaban J connectivity index is 1.92. The topological polar surface area (TPSA) is 88.5 Å². The fourth-order valence-corrected chi connectivity index (χ4v) is 8.92. The minimum atomic E-state index is -3.86. The number of fused-ring (bicyclic) bond motifs is 1. The molecule has 0 bridgehead atoms. The largest absolute Gasteiger partial charge is 0.310 e. The van der Waals surface area contributed by atoms with Gasteiger partial charge in [0.2, 0.25) is 10.0 Å². The number of hydrogen-bond donors (Lipinski definition) is 1. The van der Waals surface area contributed by atoms with Crippen LogP contribution in [-0.2, 0) is 19.3 Å². The zero-order valence-electron chi connectivity index (χ0n) is 17.2. The molecule has 0 amide bonds. The van der Waals surface area contributed by atoms with Crippen molar-refractivity contribution in [2.45, 2.75) is 44.4 Å². The molecule has 0 saturated carbocycles. The summed E-state index contributed by atoms with van der Waals surface area (Å²) in [6, 6.07) is 4.80. The highest BCUT2D eigenvalue weighted by atomic mass is 35.7. The molecule has 0 radical (unpaired) electrons. The molecule has 0 unspecified atom stereocenters. The van der Waals surface area contributed by atoms with E-state index in [9.17, 15) is 21.2 Å². The number of hydrogen-bond acceptors (Lipinski definition) is 5. The number of hydrazine groups is 1. The van der Waals surface area contributed by atoms with E-state index in [0.717, 1.165) is 5.56 Å². The lowest BCUT2D eigenvalue weighted by molar-refractivity contribution is 0.187. The second kappa shape index (κ2) is 8.51. The van der Waals surface area contributed by atoms with Gasteiger partial charge in [0.1, 0.15) is 5.82 Å². The van der Waals surface area contributed by atoms with E-state index in [1.165, 1.54) is 27.2 Å². The Bertz CT molecular complexity index is 1140. The smallest absolute Gasteiger partial charge is 0.245 e. The number of piperidine rings is 1. The summed E-state index contributed by atoms with van der Waals surface area (Å²) in [5.41, 5.74) is 1.25. The van der Waals surface area contributed by atoms with E-state index in [0.29, 0.717) is 42.9 Å². The van der Waals surface area contributed by atoms with Gasteiger partial charge in [0.25, 0.3) is 0 Å². The molecule has 168 valence electrons. The first-order valence-corrected chi connectivity index (χ1v) is 17.4. The Kier molecular flexibility index (Phi) is 6.72. The van der Waals surface area contributed by atoms with Crippen LogP contribution in [0, 0.1) is 5.82 Å². The Labute approximate surface area is 182 Å². The quantitative estimate of drug-likeness (QED) is 0.469. The molecule has 2 aromatic rings. The molecule has 1 aliphatic heterocycles. The first-order chi connectivity index (χ1) is 13.8. The molecule has 0 atom stereocenters. The molecule has 1 aromatic heterocycles. The lowest BCUT2D eigenvalue weighted by atomic mass is 9.90. The average Bonchev–Trinajstić information content (AvgIpc) is 2.98. The van der Waals surface area contributed by atoms with Gasteiger partial charge in [0.15, 0.2) is 0 Å². The van der Waals surface area contributed by atoms with E-state index in [-0.39, 0.29) is 11.7 Å². The number of halogens is 2. The molecule has 0 aliphatic carbocycles. The van der Waals surface area contributed by atoms with Gasteiger partial charge in [-0.1, -0.05) is 19.6 Å². The predicted molar refractivity (Wildman–Crippen MR) is 121 cm³/mol. The van der Waals surface area contributed by atoms with Gasteiger partial charge < -0.3 is 0 Å². The third-order valence-corrected chi connectivity index (χ3v) is 9.76. The summed E-state index contributed by atoms with van der Waals surface area (Å²) in [6.07, 6.45) is 2.80. The number of aromatic nitrogens is 1. The Morgan fingerprint density at radius 3 is 2.37 bits per heavy atom. The van der Waals surface area contributed by atoms with Crippen molar-refractivity contribution in [2.75, 3.05) is 18.8 Å². The normalized spacial score (nSPS) is 17.6. The fraction of sp³-hybridized carbons (Fsp3) is 0.556. The van der Waals surface area contributed by atoms with Gasteiger partial charge in [-0.3, -0.25) is 0 Å². The van der Waals surface area contributed by atoms with E-state index in [1.807, 2.05) is 0 Å². The monoisotopic (exact) mass is 495 g/mol. The highest BCUT2D eigenvalue weighted by Gasteiger charge is 2.28. The van der Waals surface area contributed by atoms with Crippen molar-refractivity contribution in [3.63, 3.8) is 0 Å². The van der Waals surface area contributed by atoms with Crippen molar-refractivity contribution < 1.29 is 21.2 Å². The number of nitrogens with zero attached hydrogens (tertiary/aromatic N) is 2. The van der Waals surface area contributed by atoms with Gasteiger partial charge in [-0.15, -0.1) is 4.83 Å². The molecule has 1 N–H and O–H groups in total. The first kappa shape index (κ1) is 23.7. The van der Waals surface area contributed by atoms with Crippen LogP contribution in [0.15, 0.2) is 24.4 Å². The SMILES string of the molecule is C[Si](C)(C)CCS(=O)(=O)n1cc(C2CCN(NS(=O)(=O)Cl)CC2)c2cc(F)ccc21. The van der Waals surface area contributed by atoms with Gasteiger partial charge >= 0.3 is 9.24 Å². The molecular formula is C18H27ClFN3O4S2Si. The fourth-order valence-electron chi connectivity index (χ4n) is 3.72. The molecule has 1 aliphatic rings. The van der Waals surface area contributed by atoms with Crippen LogP contribution >= 0.6 is 10.7 Å². The van der Waals surface area contributed by atoms with Gasteiger partial charge in [0.05, 0.1) is 11.3 Å². The maximum atomic E-state index is 14.0. The van der Waals surface area contributed by atoms with Crippen LogP contribution in [-0.4, -0.2) is 52.7 Å². The maximum absolute atomic E-state index is 14.0. The summed E-state index contributed by atoms with van der Waals surface area (Å²) in [4.78, 5) is 2.25. The Morgan fingerprint density at radius 1 is 1.17 bits per heavy atom. The van der Waals surface area contributed by atoms with Gasteiger partial charge in [-0.25, -0.2) is 21.8 Å². The van der Waals surface area contributed by atoms with E-state index in [4.69, 9.17) is 10.7 Å². The van der Waals surface area contributed by atoms with Crippen LogP contribution in [0.2, 0.25) is 25.7 Å². The number of benzene rings is 1. The summed E-state index contributed by atoms with van der Waals surface area (Å²) in [5, 5.41) is 2.10. The summed E-state index contributed by atoms with van der Waals surface area (Å²) < 4.78 is 63.9. The zero-order chi connectivity index (χ0) is 22.3. The third kappa shape index (κ3) is 5.83. The second-order valence-corrected chi connectivity index (χ2v) is 18.8. The average molecular weight is 496 g/mol. The molecule has 30 heavy (non-hydrogen) atoms. The van der Waals surface area contributed by atoms with E-state index >= 15 is 0 Å². The van der Waals surface area contributed by atoms with Crippen LogP contribution in [0.1, 0.15) is 24.3 Å². The standard InChI is InChI=1S/C18H27ClFN3O4S2Si/c1-30(2,3)11-10-28(24,25)23-13-17(16-12-15(20)4-5-18(16)23)14-6-8-22(9-7-14)21-29(19,26)27/h4-5,12-14,21H,6-11H2,1-3H3. The van der Waals surface area contributed by atoms with E-state index in [2.05, 4.69) is 24.5 Å². The van der Waals surface area contributed by atoms with Crippen LogP contribution in [0.3, 0.4) is 0 Å². The van der Waals surface area contributed by atoms with Gasteiger partial charge in [-0.2, -0.15) is 8.42 Å². The molecule has 1 saturated heterocycles. The summed E-state index contributed by atoms with van der Waals surface area (Å²) >= 11 is 0. The molecule has 3 rings (SSSR count). The van der Waals surface area contributed by atoms with E-state index < -0.39 is 33.2 Å². The lowest BCUT2D eigenvalue weighted by Crippen LogP contribution is -2.44. The van der Waals surface area contributed by atoms with Gasteiger partial charge in [0, 0.05) is 43.4 Å². The highest BCUT2D eigenvalue weighted by molar-refractivity contribution is 8.12. The van der Waals surface area contributed by atoms with Crippen molar-refractivity contribution in [3.05, 3.63) is 35.8 Å². The van der Waals surface area contributed by atoms with Crippen LogP contribution in [0.5, 0.6) is 0 Å². The van der Waals surface area contributed by atoms with Crippen LogP contribution in [0.4, 0.5) is 4.39 Å². The number of rotatable bonds is 7. The minimum Gasteiger partial charge on any atom is -0.245 e. The first-order valence-electron chi connectivity index (χ1n) is 9.76. The van der Waals surface area contributed by atoms with Crippen LogP contribution in [0.25, 0.3) is 10.9 Å². The zero-order valence-corrected chi connectivity index (χ0v) is 20.6. The molecule has 7 nitrogen and oxygen atoms in total. The molecule has 12 heteroatoms. The molecule has 1 fully saturated rings. The number of nitrogens with one attached hydrogen (secondary N) is 1. The minimum absolute atomic E-state index is 0.0150. The van der Waals surface area contributed by atoms with Crippen LogP contribution < -0.4 is 4.83 Å². The van der Waals surface area contributed by atoms with Crippen molar-refractivity contribution in [3.8, 4) is 0 Å². The van der Waals surface area contributed by atoms with Crippen molar-refractivity contribution >= 4 is 48.9 Å². The Morgan fingerprint density at radius 2 is 1.80 bits per heavy atom. The highest BCUT2D eigenvalue weighted by Crippen LogP contribution is 2.35. The third-order valence-electron chi connectivity index (χ3n) is 5.35. The molecule has 2 heterocycles.